The summed E-state index contributed by atoms with van der Waals surface area (Å²) < 4.78 is 5.67. The summed E-state index contributed by atoms with van der Waals surface area (Å²) in [4.78, 5) is 0. The molecule has 0 aliphatic carbocycles. The summed E-state index contributed by atoms with van der Waals surface area (Å²) in [5.41, 5.74) is 1.35. The lowest BCUT2D eigenvalue weighted by Gasteiger charge is -2.13. The van der Waals surface area contributed by atoms with Crippen LogP contribution in [0, 0.1) is 0 Å². The average Bonchev–Trinajstić information content (AvgIpc) is 2.36. The maximum atomic E-state index is 5.67. The molecule has 0 fully saturated rings. The van der Waals surface area contributed by atoms with E-state index in [0.29, 0.717) is 6.04 Å². The van der Waals surface area contributed by atoms with E-state index in [1.165, 1.54) is 18.4 Å². The van der Waals surface area contributed by atoms with Gasteiger partial charge >= 0.3 is 0 Å². The molecule has 0 aromatic heterocycles. The number of nitrogens with one attached hydrogen (secondary N) is 1. The van der Waals surface area contributed by atoms with Crippen molar-refractivity contribution in [3.05, 3.63) is 29.8 Å². The van der Waals surface area contributed by atoms with E-state index in [4.69, 9.17) is 4.74 Å². The fourth-order valence-corrected chi connectivity index (χ4v) is 1.83. The van der Waals surface area contributed by atoms with E-state index in [1.54, 1.807) is 0 Å². The van der Waals surface area contributed by atoms with Gasteiger partial charge < -0.3 is 10.1 Å². The van der Waals surface area contributed by atoms with Crippen LogP contribution in [0.2, 0.25) is 0 Å². The molecule has 0 saturated carbocycles. The molecule has 1 N–H and O–H groups in total. The van der Waals surface area contributed by atoms with Crippen molar-refractivity contribution in [2.75, 3.05) is 13.2 Å². The molecule has 1 rings (SSSR count). The quantitative estimate of drug-likeness (QED) is 0.697. The second-order valence-electron chi connectivity index (χ2n) is 4.49. The first-order valence-corrected chi connectivity index (χ1v) is 6.71. The van der Waals surface area contributed by atoms with Crippen LogP contribution in [0.4, 0.5) is 0 Å². The Bertz CT molecular complexity index is 294. The van der Waals surface area contributed by atoms with E-state index < -0.39 is 0 Å². The maximum absolute atomic E-state index is 5.67. The Balaban J connectivity index is 2.17. The molecule has 2 heteroatoms. The molecule has 96 valence electrons. The molecular weight excluding hydrogens is 210 g/mol. The minimum atomic E-state index is 0.589. The second kappa shape index (κ2) is 8.13. The molecule has 0 saturated heterocycles. The fraction of sp³-hybridized carbons (Fsp3) is 0.600. The fourth-order valence-electron chi connectivity index (χ4n) is 1.83. The Morgan fingerprint density at radius 2 is 1.88 bits per heavy atom. The molecule has 17 heavy (non-hydrogen) atoms. The largest absolute Gasteiger partial charge is 0.492 e. The standard InChI is InChI=1S/C15H25NO/c1-4-6-13(3)16-11-12-17-15-9-7-14(5-2)8-10-15/h7-10,13,16H,4-6,11-12H2,1-3H3. The number of hydrogen-bond acceptors (Lipinski definition) is 2. The molecule has 0 aliphatic rings. The molecule has 0 bridgehead atoms. The summed E-state index contributed by atoms with van der Waals surface area (Å²) in [7, 11) is 0. The van der Waals surface area contributed by atoms with E-state index in [-0.39, 0.29) is 0 Å². The highest BCUT2D eigenvalue weighted by molar-refractivity contribution is 5.27. The molecule has 0 amide bonds. The number of rotatable bonds is 8. The molecule has 1 aromatic rings. The van der Waals surface area contributed by atoms with Crippen LogP contribution in [0.25, 0.3) is 0 Å². The Morgan fingerprint density at radius 1 is 1.18 bits per heavy atom. The van der Waals surface area contributed by atoms with E-state index in [1.807, 2.05) is 12.1 Å². The van der Waals surface area contributed by atoms with Gasteiger partial charge in [0.05, 0.1) is 0 Å². The SMILES string of the molecule is CCCC(C)NCCOc1ccc(CC)cc1. The third-order valence-corrected chi connectivity index (χ3v) is 2.92. The molecular formula is C15H25NO. The zero-order chi connectivity index (χ0) is 12.5. The van der Waals surface area contributed by atoms with Crippen molar-refractivity contribution in [2.45, 2.75) is 46.1 Å². The molecule has 0 spiro atoms. The second-order valence-corrected chi connectivity index (χ2v) is 4.49. The van der Waals surface area contributed by atoms with Crippen molar-refractivity contribution in [2.24, 2.45) is 0 Å². The predicted octanol–water partition coefficient (Wildman–Crippen LogP) is 3.41. The first-order chi connectivity index (χ1) is 8.26. The maximum Gasteiger partial charge on any atom is 0.119 e. The molecule has 2 nitrogen and oxygen atoms in total. The van der Waals surface area contributed by atoms with Gasteiger partial charge in [-0.1, -0.05) is 32.4 Å². The van der Waals surface area contributed by atoms with Gasteiger partial charge in [0.1, 0.15) is 12.4 Å². The monoisotopic (exact) mass is 235 g/mol. The molecule has 0 heterocycles. The first kappa shape index (κ1) is 14.0. The Hall–Kier alpha value is -1.02. The van der Waals surface area contributed by atoms with Crippen molar-refractivity contribution < 1.29 is 4.74 Å². The van der Waals surface area contributed by atoms with Crippen molar-refractivity contribution in [3.63, 3.8) is 0 Å². The van der Waals surface area contributed by atoms with Gasteiger partial charge in [0, 0.05) is 12.6 Å². The Labute approximate surface area is 105 Å². The normalized spacial score (nSPS) is 12.4. The minimum Gasteiger partial charge on any atom is -0.492 e. The Kier molecular flexibility index (Phi) is 6.71. The van der Waals surface area contributed by atoms with E-state index >= 15 is 0 Å². The Morgan fingerprint density at radius 3 is 2.47 bits per heavy atom. The van der Waals surface area contributed by atoms with Crippen LogP contribution in [-0.4, -0.2) is 19.2 Å². The van der Waals surface area contributed by atoms with Gasteiger partial charge in [-0.05, 0) is 37.5 Å². The van der Waals surface area contributed by atoms with Gasteiger partial charge in [-0.3, -0.25) is 0 Å². The van der Waals surface area contributed by atoms with Crippen LogP contribution < -0.4 is 10.1 Å². The molecule has 1 atom stereocenters. The summed E-state index contributed by atoms with van der Waals surface area (Å²) in [5, 5.41) is 3.45. The van der Waals surface area contributed by atoms with Gasteiger partial charge in [0.15, 0.2) is 0 Å². The highest BCUT2D eigenvalue weighted by atomic mass is 16.5. The molecule has 1 aromatic carbocycles. The van der Waals surface area contributed by atoms with Gasteiger partial charge in [-0.2, -0.15) is 0 Å². The lowest BCUT2D eigenvalue weighted by atomic mass is 10.2. The summed E-state index contributed by atoms with van der Waals surface area (Å²) in [6.07, 6.45) is 3.54. The zero-order valence-electron chi connectivity index (χ0n) is 11.3. The lowest BCUT2D eigenvalue weighted by molar-refractivity contribution is 0.305. The zero-order valence-corrected chi connectivity index (χ0v) is 11.3. The number of benzene rings is 1. The van der Waals surface area contributed by atoms with Gasteiger partial charge in [0.25, 0.3) is 0 Å². The van der Waals surface area contributed by atoms with Gasteiger partial charge in [-0.25, -0.2) is 0 Å². The van der Waals surface area contributed by atoms with Crippen molar-refractivity contribution in [1.29, 1.82) is 0 Å². The van der Waals surface area contributed by atoms with Crippen LogP contribution in [0.5, 0.6) is 5.75 Å². The van der Waals surface area contributed by atoms with Crippen molar-refractivity contribution >= 4 is 0 Å². The average molecular weight is 235 g/mol. The third kappa shape index (κ3) is 5.73. The number of hydrogen-bond donors (Lipinski definition) is 1. The van der Waals surface area contributed by atoms with Crippen LogP contribution in [-0.2, 0) is 6.42 Å². The van der Waals surface area contributed by atoms with Crippen LogP contribution >= 0.6 is 0 Å². The summed E-state index contributed by atoms with van der Waals surface area (Å²) in [5.74, 6) is 0.965. The van der Waals surface area contributed by atoms with Crippen molar-refractivity contribution in [3.8, 4) is 5.75 Å². The topological polar surface area (TPSA) is 21.3 Å². The summed E-state index contributed by atoms with van der Waals surface area (Å²) >= 11 is 0. The number of aryl methyl sites for hydroxylation is 1. The number of ether oxygens (including phenoxy) is 1. The van der Waals surface area contributed by atoms with Gasteiger partial charge in [0.2, 0.25) is 0 Å². The highest BCUT2D eigenvalue weighted by Crippen LogP contribution is 2.12. The molecule has 0 aliphatic heterocycles. The van der Waals surface area contributed by atoms with Crippen LogP contribution in [0.3, 0.4) is 0 Å². The lowest BCUT2D eigenvalue weighted by Crippen LogP contribution is -2.29. The van der Waals surface area contributed by atoms with Crippen molar-refractivity contribution in [1.82, 2.24) is 5.32 Å². The van der Waals surface area contributed by atoms with Crippen LogP contribution in [0.15, 0.2) is 24.3 Å². The van der Waals surface area contributed by atoms with E-state index in [0.717, 1.165) is 25.3 Å². The molecule has 0 radical (unpaired) electrons. The first-order valence-electron chi connectivity index (χ1n) is 6.71. The molecule has 1 unspecified atom stereocenters. The predicted molar refractivity (Wildman–Crippen MR) is 73.7 cm³/mol. The summed E-state index contributed by atoms with van der Waals surface area (Å²) in [6.45, 7) is 8.24. The van der Waals surface area contributed by atoms with Crippen LogP contribution in [0.1, 0.15) is 39.2 Å². The van der Waals surface area contributed by atoms with E-state index in [2.05, 4.69) is 38.2 Å². The highest BCUT2D eigenvalue weighted by Gasteiger charge is 1.99. The smallest absolute Gasteiger partial charge is 0.119 e. The van der Waals surface area contributed by atoms with Gasteiger partial charge in [-0.15, -0.1) is 0 Å². The van der Waals surface area contributed by atoms with E-state index in [9.17, 15) is 0 Å². The minimum absolute atomic E-state index is 0.589. The summed E-state index contributed by atoms with van der Waals surface area (Å²) in [6, 6.07) is 8.94. The third-order valence-electron chi connectivity index (χ3n) is 2.92.